The number of halogens is 2. The van der Waals surface area contributed by atoms with E-state index < -0.39 is 57.8 Å². The maximum absolute atomic E-state index is 13.7. The minimum Gasteiger partial charge on any atom is -0.497 e. The zero-order chi connectivity index (χ0) is 63.2. The van der Waals surface area contributed by atoms with Crippen LogP contribution in [-0.2, 0) is 23.9 Å². The molecule has 0 aromatic heterocycles. The molecule has 88 heavy (non-hydrogen) atoms. The minimum absolute atomic E-state index is 0. The van der Waals surface area contributed by atoms with E-state index in [0.29, 0.717) is 71.7 Å². The fourth-order valence-electron chi connectivity index (χ4n) is 10.1. The van der Waals surface area contributed by atoms with Crippen molar-refractivity contribution in [2.45, 2.75) is 103 Å². The van der Waals surface area contributed by atoms with Gasteiger partial charge in [0.25, 0.3) is 11.4 Å². The van der Waals surface area contributed by atoms with Gasteiger partial charge in [-0.1, -0.05) is 43.5 Å². The van der Waals surface area contributed by atoms with Crippen molar-refractivity contribution in [1.29, 1.82) is 0 Å². The zero-order valence-electron chi connectivity index (χ0n) is 50.5. The van der Waals surface area contributed by atoms with E-state index in [-0.39, 0.29) is 89.9 Å². The highest BCUT2D eigenvalue weighted by Crippen LogP contribution is 2.44. The average Bonchev–Trinajstić information content (AvgIpc) is 0.869. The molecule has 0 aliphatic carbocycles. The molecule has 0 bridgehead atoms. The topological polar surface area (TPSA) is 332 Å². The van der Waals surface area contributed by atoms with Crippen molar-refractivity contribution >= 4 is 60.1 Å². The highest BCUT2D eigenvalue weighted by Gasteiger charge is 2.41. The number of nitrogens with zero attached hydrogens (tertiary/aromatic N) is 4. The first-order valence-electron chi connectivity index (χ1n) is 28.0. The van der Waals surface area contributed by atoms with Crippen LogP contribution >= 0.6 is 24.8 Å². The smallest absolute Gasteiger partial charge is 0.336 e. The number of ether oxygens (including phenoxy) is 5. The predicted molar refractivity (Wildman–Crippen MR) is 332 cm³/mol. The van der Waals surface area contributed by atoms with Gasteiger partial charge < -0.3 is 69.7 Å². The van der Waals surface area contributed by atoms with Gasteiger partial charge in [-0.2, -0.15) is 0 Å². The quantitative estimate of drug-likeness (QED) is 0.0104. The van der Waals surface area contributed by atoms with Gasteiger partial charge in [0, 0.05) is 80.3 Å². The number of benzene rings is 4. The highest BCUT2D eigenvalue weighted by atomic mass is 35.5. The summed E-state index contributed by atoms with van der Waals surface area (Å²) in [6.07, 6.45) is 4.16. The number of aliphatic hydroxyl groups is 2. The van der Waals surface area contributed by atoms with Gasteiger partial charge in [0.15, 0.2) is 0 Å². The van der Waals surface area contributed by atoms with Crippen molar-refractivity contribution in [3.8, 4) is 23.0 Å². The molecule has 0 saturated heterocycles. The van der Waals surface area contributed by atoms with Crippen LogP contribution in [0.2, 0.25) is 0 Å². The van der Waals surface area contributed by atoms with Crippen LogP contribution in [0.3, 0.4) is 0 Å². The fraction of sp³-hybridized carbons (Fsp3) is 0.419. The predicted octanol–water partition coefficient (Wildman–Crippen LogP) is 9.16. The van der Waals surface area contributed by atoms with Crippen LogP contribution in [-0.4, -0.2) is 155 Å². The number of hydrogen-bond donors (Lipinski definition) is 7. The first-order valence-corrected chi connectivity index (χ1v) is 28.0. The number of non-ortho nitro benzene ring substituents is 2. The second-order valence-corrected chi connectivity index (χ2v) is 20.7. The number of allylic oxidation sites excluding steroid dienone is 4. The van der Waals surface area contributed by atoms with E-state index >= 15 is 0 Å². The molecule has 24 nitrogen and oxygen atoms in total. The van der Waals surface area contributed by atoms with Crippen molar-refractivity contribution in [2.24, 2.45) is 0 Å². The summed E-state index contributed by atoms with van der Waals surface area (Å²) in [5.74, 6) is -3.85. The van der Waals surface area contributed by atoms with Crippen LogP contribution in [0.25, 0.3) is 0 Å². The molecule has 0 radical (unpaired) electrons. The Kier molecular flexibility index (Phi) is 30.4. The highest BCUT2D eigenvalue weighted by molar-refractivity contribution is 6.00. The Morgan fingerprint density at radius 1 is 0.557 bits per heavy atom. The summed E-state index contributed by atoms with van der Waals surface area (Å²) in [6, 6.07) is 25.5. The first kappa shape index (κ1) is 74.0. The Hall–Kier alpha value is -8.26. The lowest BCUT2D eigenvalue weighted by Gasteiger charge is -2.35. The van der Waals surface area contributed by atoms with E-state index in [2.05, 4.69) is 10.6 Å². The summed E-state index contributed by atoms with van der Waals surface area (Å²) in [7, 11) is 6.44. The van der Waals surface area contributed by atoms with Crippen molar-refractivity contribution < 1.29 is 78.2 Å². The number of aliphatic carboxylic acids is 3. The van der Waals surface area contributed by atoms with Crippen molar-refractivity contribution in [1.82, 2.24) is 20.4 Å². The number of carbonyl (C=O) groups excluding carboxylic acids is 1. The van der Waals surface area contributed by atoms with Gasteiger partial charge in [-0.15, -0.1) is 24.8 Å². The molecule has 0 fully saturated rings. The van der Waals surface area contributed by atoms with Gasteiger partial charge in [-0.05, 0) is 120 Å². The maximum atomic E-state index is 13.7. The molecule has 2 aliphatic rings. The van der Waals surface area contributed by atoms with E-state index in [1.54, 1.807) is 116 Å². The number of esters is 1. The van der Waals surface area contributed by atoms with Gasteiger partial charge in [-0.25, -0.2) is 19.2 Å². The molecule has 6 rings (SSSR count). The summed E-state index contributed by atoms with van der Waals surface area (Å²) in [6.45, 7) is 8.33. The van der Waals surface area contributed by atoms with E-state index in [1.165, 1.54) is 47.4 Å². The summed E-state index contributed by atoms with van der Waals surface area (Å²) in [5.41, 5.74) is 1.70. The summed E-state index contributed by atoms with van der Waals surface area (Å²) >= 11 is 0. The van der Waals surface area contributed by atoms with Crippen molar-refractivity contribution in [3.05, 3.63) is 173 Å². The Bertz CT molecular complexity index is 3120. The lowest BCUT2D eigenvalue weighted by Crippen LogP contribution is -2.38. The minimum atomic E-state index is -1.26. The molecule has 0 amide bonds. The number of carboxylic acid groups (broad SMARTS) is 3. The number of methoxy groups -OCH3 is 2. The van der Waals surface area contributed by atoms with E-state index in [9.17, 15) is 64.9 Å². The number of carbonyl (C=O) groups is 4. The van der Waals surface area contributed by atoms with Gasteiger partial charge in [-0.3, -0.25) is 20.2 Å². The number of nitrogens with one attached hydrogen (secondary N) is 2. The van der Waals surface area contributed by atoms with Crippen molar-refractivity contribution in [3.63, 3.8) is 0 Å². The normalized spacial score (nSPS) is 15.2. The molecule has 26 heteroatoms. The monoisotopic (exact) mass is 1270 g/mol. The molecule has 0 spiro atoms. The molecule has 2 aliphatic heterocycles. The second-order valence-electron chi connectivity index (χ2n) is 20.7. The Morgan fingerprint density at radius 2 is 0.943 bits per heavy atom. The third-order valence-electron chi connectivity index (χ3n) is 15.1. The third-order valence-corrected chi connectivity index (χ3v) is 15.1. The lowest BCUT2D eigenvalue weighted by molar-refractivity contribution is -0.385. The largest absolute Gasteiger partial charge is 0.497 e. The molecule has 4 unspecified atom stereocenters. The third kappa shape index (κ3) is 20.7. The molecule has 4 aromatic carbocycles. The van der Waals surface area contributed by atoms with Crippen LogP contribution in [0.4, 0.5) is 11.4 Å². The molecule has 4 atom stereocenters. The zero-order valence-corrected chi connectivity index (χ0v) is 52.1. The number of carboxylic acids is 3. The fourth-order valence-corrected chi connectivity index (χ4v) is 10.1. The van der Waals surface area contributed by atoms with Gasteiger partial charge in [0.2, 0.25) is 0 Å². The Balaban J connectivity index is 0.000000650. The number of aliphatic hydroxyl groups excluding tert-OH is 2. The number of nitro benzene ring substituents is 2. The van der Waals surface area contributed by atoms with Crippen LogP contribution in [0.1, 0.15) is 95.6 Å². The molecule has 480 valence electrons. The number of hydrogen-bond acceptors (Lipinski definition) is 19. The standard InChI is InChI=1S/C46H62N4O12.C16H16N2O6.2ClH/c1-31-42(45(53)54)44(33-12-11-15-35(26-33)50(56)57)43(32(2)49(31)3)46(55)60-25-10-6-7-13-34(48-28-37(52)30-62-41-22-18-39(59-5)19-23-41)14-8-9-24-47-27-36(51)29-61-40-20-16-38(58-4)17-21-40;1-8-12(15(19)20)14(13(16(21)22)9(2)17(8)3)10-5-4-6-11(7-10)18(23)24;;/h11-12,15-23,26,34,36-37,44,47-48,51-52H,6-10,13-14,24-25,27-30H2,1-5H3,(H,53,54);4-7,14H,1-3H3,(H,19,20)(H,21,22);2*1H. The van der Waals surface area contributed by atoms with Crippen LogP contribution in [0, 0.1) is 20.2 Å². The molecule has 7 N–H and O–H groups in total. The first-order chi connectivity index (χ1) is 41.0. The van der Waals surface area contributed by atoms with E-state index in [1.807, 2.05) is 0 Å². The summed E-state index contributed by atoms with van der Waals surface area (Å²) in [5, 5.41) is 79.9. The Morgan fingerprint density at radius 3 is 1.35 bits per heavy atom. The van der Waals surface area contributed by atoms with E-state index in [4.69, 9.17) is 23.7 Å². The average molecular weight is 1270 g/mol. The van der Waals surface area contributed by atoms with Gasteiger partial charge in [0.05, 0.1) is 64.8 Å². The maximum Gasteiger partial charge on any atom is 0.336 e. The molecule has 0 saturated carbocycles. The summed E-state index contributed by atoms with van der Waals surface area (Å²) in [4.78, 5) is 74.3. The molecular weight excluding hydrogens is 1190 g/mol. The van der Waals surface area contributed by atoms with E-state index in [0.717, 1.165) is 44.3 Å². The lowest BCUT2D eigenvalue weighted by atomic mass is 9.80. The second kappa shape index (κ2) is 36.1. The van der Waals surface area contributed by atoms with Crippen LogP contribution in [0.5, 0.6) is 23.0 Å². The summed E-state index contributed by atoms with van der Waals surface area (Å²) < 4.78 is 27.5. The molecular formula is C62H80Cl2N6O18. The van der Waals surface area contributed by atoms with Gasteiger partial charge in [0.1, 0.15) is 48.4 Å². The Labute approximate surface area is 523 Å². The number of rotatable bonds is 32. The SMILES string of the molecule is CC1=C(C(=O)O)C(c2cccc([N+](=O)[O-])c2)C(C(=O)O)=C(C)N1C.COc1ccc(OCC(O)CNCCCCC(CCCCCOC(=O)C2=C(C)N(C)C(C)=C(C(=O)O)C2c2cccc([N+](=O)[O-])c2)NCC(O)COc2ccc(OC)cc2)cc1.Cl.Cl. The molecule has 4 aromatic rings. The van der Waals surface area contributed by atoms with Crippen LogP contribution < -0.4 is 29.6 Å². The molecule has 2 heterocycles. The number of unbranched alkanes of at least 4 members (excludes halogenated alkanes) is 3. The van der Waals surface area contributed by atoms with Crippen molar-refractivity contribution in [2.75, 3.05) is 67.8 Å². The van der Waals surface area contributed by atoms with Gasteiger partial charge >= 0.3 is 23.9 Å². The number of nitro groups is 2. The van der Waals surface area contributed by atoms with Crippen LogP contribution in [0.15, 0.2) is 142 Å².